The van der Waals surface area contributed by atoms with E-state index in [9.17, 15) is 14.7 Å². The average molecular weight is 257 g/mol. The van der Waals surface area contributed by atoms with Crippen LogP contribution < -0.4 is 5.32 Å². The number of aliphatic hydroxyl groups is 1. The Morgan fingerprint density at radius 1 is 1.22 bits per heavy atom. The number of ether oxygens (including phenoxy) is 1. The van der Waals surface area contributed by atoms with Gasteiger partial charge in [0.05, 0.1) is 12.1 Å². The molecule has 0 radical (unpaired) electrons. The molecule has 1 heterocycles. The van der Waals surface area contributed by atoms with Gasteiger partial charge in [0.1, 0.15) is 0 Å². The number of carbonyl (C=O) groups is 2. The van der Waals surface area contributed by atoms with E-state index in [0.717, 1.165) is 0 Å². The van der Waals surface area contributed by atoms with Crippen LogP contribution in [0.25, 0.3) is 0 Å². The van der Waals surface area contributed by atoms with Crippen molar-refractivity contribution < 1.29 is 24.5 Å². The predicted molar refractivity (Wildman–Crippen MR) is 64.0 cm³/mol. The molecule has 0 saturated carbocycles. The first kappa shape index (κ1) is 14.7. The molecule has 0 aromatic rings. The standard InChI is InChI=1S/C12H19NO5/c1-8(9(2)11(16)17)10(15)13-12(7-14)3-5-18-6-4-12/h14H,3-7H2,1-2H3,(H,13,15)(H,16,17). The van der Waals surface area contributed by atoms with Crippen LogP contribution in [0.3, 0.4) is 0 Å². The second-order valence-corrected chi connectivity index (χ2v) is 4.56. The van der Waals surface area contributed by atoms with Crippen LogP contribution >= 0.6 is 0 Å². The topological polar surface area (TPSA) is 95.9 Å². The van der Waals surface area contributed by atoms with Gasteiger partial charge >= 0.3 is 5.97 Å². The molecule has 0 bridgehead atoms. The van der Waals surface area contributed by atoms with Crippen molar-refractivity contribution in [2.24, 2.45) is 0 Å². The minimum absolute atomic E-state index is 0.00708. The van der Waals surface area contributed by atoms with Gasteiger partial charge < -0.3 is 20.3 Å². The Labute approximate surface area is 106 Å². The molecule has 0 aromatic heterocycles. The molecule has 3 N–H and O–H groups in total. The molecule has 1 saturated heterocycles. The van der Waals surface area contributed by atoms with Gasteiger partial charge in [-0.2, -0.15) is 0 Å². The van der Waals surface area contributed by atoms with E-state index in [4.69, 9.17) is 9.84 Å². The average Bonchev–Trinajstić information content (AvgIpc) is 2.37. The summed E-state index contributed by atoms with van der Waals surface area (Å²) in [5.41, 5.74) is -0.537. The van der Waals surface area contributed by atoms with Gasteiger partial charge in [-0.3, -0.25) is 4.79 Å². The van der Waals surface area contributed by atoms with Gasteiger partial charge in [-0.05, 0) is 26.7 Å². The summed E-state index contributed by atoms with van der Waals surface area (Å²) in [6.07, 6.45) is 1.04. The van der Waals surface area contributed by atoms with E-state index in [1.54, 1.807) is 0 Å². The molecule has 102 valence electrons. The SMILES string of the molecule is CC(C(=O)O)=C(C)C(=O)NC1(CO)CCOCC1. The zero-order chi connectivity index (χ0) is 13.8. The first-order valence-electron chi connectivity index (χ1n) is 5.84. The zero-order valence-corrected chi connectivity index (χ0v) is 10.7. The van der Waals surface area contributed by atoms with Crippen molar-refractivity contribution in [3.05, 3.63) is 11.1 Å². The van der Waals surface area contributed by atoms with E-state index in [1.807, 2.05) is 0 Å². The third-order valence-corrected chi connectivity index (χ3v) is 3.36. The van der Waals surface area contributed by atoms with Gasteiger partial charge in [0, 0.05) is 24.4 Å². The van der Waals surface area contributed by atoms with E-state index in [0.29, 0.717) is 26.1 Å². The number of hydrogen-bond acceptors (Lipinski definition) is 4. The summed E-state index contributed by atoms with van der Waals surface area (Å²) in [7, 11) is 0. The molecule has 1 amide bonds. The molecule has 0 aliphatic carbocycles. The fraction of sp³-hybridized carbons (Fsp3) is 0.667. The lowest BCUT2D eigenvalue weighted by Gasteiger charge is -2.36. The second kappa shape index (κ2) is 5.97. The Morgan fingerprint density at radius 2 is 1.78 bits per heavy atom. The van der Waals surface area contributed by atoms with Gasteiger partial charge in [0.25, 0.3) is 0 Å². The van der Waals surface area contributed by atoms with Crippen molar-refractivity contribution in [1.29, 1.82) is 0 Å². The number of nitrogens with one attached hydrogen (secondary N) is 1. The van der Waals surface area contributed by atoms with Crippen LogP contribution in [0, 0.1) is 0 Å². The fourth-order valence-corrected chi connectivity index (χ4v) is 1.75. The van der Waals surface area contributed by atoms with Crippen molar-refractivity contribution in [2.75, 3.05) is 19.8 Å². The Hall–Kier alpha value is -1.40. The monoisotopic (exact) mass is 257 g/mol. The molecule has 0 atom stereocenters. The van der Waals surface area contributed by atoms with Gasteiger partial charge in [0.2, 0.25) is 5.91 Å². The molecule has 0 aromatic carbocycles. The van der Waals surface area contributed by atoms with Crippen molar-refractivity contribution in [1.82, 2.24) is 5.32 Å². The van der Waals surface area contributed by atoms with E-state index in [2.05, 4.69) is 5.32 Å². The first-order valence-corrected chi connectivity index (χ1v) is 5.84. The molecule has 1 fully saturated rings. The fourth-order valence-electron chi connectivity index (χ4n) is 1.75. The van der Waals surface area contributed by atoms with E-state index in [1.165, 1.54) is 13.8 Å². The maximum Gasteiger partial charge on any atom is 0.331 e. The molecule has 1 aliphatic heterocycles. The zero-order valence-electron chi connectivity index (χ0n) is 10.7. The number of amides is 1. The minimum Gasteiger partial charge on any atom is -0.478 e. The minimum atomic E-state index is -1.12. The maximum atomic E-state index is 11.9. The molecule has 0 spiro atoms. The number of carboxylic acids is 1. The number of carboxylic acid groups (broad SMARTS) is 1. The van der Waals surface area contributed by atoms with Gasteiger partial charge in [0.15, 0.2) is 0 Å². The smallest absolute Gasteiger partial charge is 0.331 e. The first-order chi connectivity index (χ1) is 8.42. The molecule has 6 heteroatoms. The van der Waals surface area contributed by atoms with E-state index >= 15 is 0 Å². The van der Waals surface area contributed by atoms with Crippen molar-refractivity contribution in [3.63, 3.8) is 0 Å². The molecule has 1 aliphatic rings. The van der Waals surface area contributed by atoms with Crippen LogP contribution in [0.4, 0.5) is 0 Å². The largest absolute Gasteiger partial charge is 0.478 e. The Bertz CT molecular complexity index is 369. The van der Waals surface area contributed by atoms with Crippen LogP contribution in [-0.4, -0.2) is 47.4 Å². The number of hydrogen-bond donors (Lipinski definition) is 3. The summed E-state index contributed by atoms with van der Waals surface area (Å²) >= 11 is 0. The van der Waals surface area contributed by atoms with Crippen LogP contribution in [0.5, 0.6) is 0 Å². The Morgan fingerprint density at radius 3 is 2.22 bits per heavy atom. The lowest BCUT2D eigenvalue weighted by Crippen LogP contribution is -2.54. The van der Waals surface area contributed by atoms with E-state index in [-0.39, 0.29) is 17.8 Å². The summed E-state index contributed by atoms with van der Waals surface area (Å²) < 4.78 is 5.19. The van der Waals surface area contributed by atoms with Crippen LogP contribution in [0.15, 0.2) is 11.1 Å². The normalized spacial score (nSPS) is 19.9. The van der Waals surface area contributed by atoms with E-state index < -0.39 is 17.4 Å². The van der Waals surface area contributed by atoms with Crippen LogP contribution in [0.2, 0.25) is 0 Å². The number of rotatable bonds is 4. The highest BCUT2D eigenvalue weighted by molar-refractivity contribution is 6.01. The number of aliphatic carboxylic acids is 1. The lowest BCUT2D eigenvalue weighted by atomic mass is 9.90. The van der Waals surface area contributed by atoms with Crippen LogP contribution in [-0.2, 0) is 14.3 Å². The summed E-state index contributed by atoms with van der Waals surface area (Å²) in [6.45, 7) is 3.61. The van der Waals surface area contributed by atoms with Crippen molar-refractivity contribution in [3.8, 4) is 0 Å². The third-order valence-electron chi connectivity index (χ3n) is 3.36. The third kappa shape index (κ3) is 3.30. The number of aliphatic hydroxyl groups excluding tert-OH is 1. The lowest BCUT2D eigenvalue weighted by molar-refractivity contribution is -0.133. The molecule has 6 nitrogen and oxygen atoms in total. The van der Waals surface area contributed by atoms with Gasteiger partial charge in [-0.15, -0.1) is 0 Å². The maximum absolute atomic E-state index is 11.9. The number of carbonyl (C=O) groups excluding carboxylic acids is 1. The Balaban J connectivity index is 2.79. The molecular formula is C12H19NO5. The summed E-state index contributed by atoms with van der Waals surface area (Å²) in [5.74, 6) is -1.57. The summed E-state index contributed by atoms with van der Waals surface area (Å²) in [6, 6.07) is 0. The predicted octanol–water partition coefficient (Wildman–Crippen LogP) is 0.0651. The summed E-state index contributed by atoms with van der Waals surface area (Å²) in [4.78, 5) is 22.7. The van der Waals surface area contributed by atoms with Crippen molar-refractivity contribution in [2.45, 2.75) is 32.2 Å². The highest BCUT2D eigenvalue weighted by Crippen LogP contribution is 2.21. The quantitative estimate of drug-likeness (QED) is 0.619. The highest BCUT2D eigenvalue weighted by Gasteiger charge is 2.34. The van der Waals surface area contributed by atoms with Gasteiger partial charge in [-0.1, -0.05) is 0 Å². The Kier molecular flexibility index (Phi) is 4.86. The summed E-state index contributed by atoms with van der Waals surface area (Å²) in [5, 5.41) is 21.0. The molecule has 18 heavy (non-hydrogen) atoms. The molecule has 0 unspecified atom stereocenters. The molecule has 1 rings (SSSR count). The van der Waals surface area contributed by atoms with Crippen LogP contribution in [0.1, 0.15) is 26.7 Å². The molecular weight excluding hydrogens is 238 g/mol. The van der Waals surface area contributed by atoms with Crippen molar-refractivity contribution >= 4 is 11.9 Å². The van der Waals surface area contributed by atoms with Gasteiger partial charge in [-0.25, -0.2) is 4.79 Å². The second-order valence-electron chi connectivity index (χ2n) is 4.56. The highest BCUT2D eigenvalue weighted by atomic mass is 16.5.